The number of methoxy groups -OCH3 is 1. The van der Waals surface area contributed by atoms with E-state index in [0.717, 1.165) is 24.6 Å². The molecule has 1 atom stereocenters. The molecule has 0 aliphatic heterocycles. The maximum absolute atomic E-state index is 5.33. The fourth-order valence-electron chi connectivity index (χ4n) is 2.85. The van der Waals surface area contributed by atoms with E-state index in [0.29, 0.717) is 12.0 Å². The summed E-state index contributed by atoms with van der Waals surface area (Å²) in [6, 6.07) is 9.05. The van der Waals surface area contributed by atoms with Crippen LogP contribution in [0.2, 0.25) is 0 Å². The van der Waals surface area contributed by atoms with Gasteiger partial charge < -0.3 is 10.1 Å². The molecule has 1 N–H and O–H groups in total. The maximum atomic E-state index is 5.33. The quantitative estimate of drug-likeness (QED) is 0.727. The van der Waals surface area contributed by atoms with Crippen LogP contribution in [-0.2, 0) is 6.42 Å². The van der Waals surface area contributed by atoms with Crippen molar-refractivity contribution in [3.05, 3.63) is 29.8 Å². The molecule has 0 aromatic heterocycles. The molecular formula is C18H31NO. The number of ether oxygens (including phenoxy) is 1. The molecule has 0 saturated carbocycles. The maximum Gasteiger partial charge on any atom is 0.119 e. The highest BCUT2D eigenvalue weighted by molar-refractivity contribution is 5.28. The van der Waals surface area contributed by atoms with Crippen LogP contribution in [0.5, 0.6) is 5.75 Å². The van der Waals surface area contributed by atoms with Crippen molar-refractivity contribution in [3.8, 4) is 5.75 Å². The van der Waals surface area contributed by atoms with Crippen molar-refractivity contribution in [3.63, 3.8) is 0 Å². The lowest BCUT2D eigenvalue weighted by molar-refractivity contribution is 0.291. The first kappa shape index (κ1) is 17.0. The number of nitrogens with one attached hydrogen (secondary N) is 1. The van der Waals surface area contributed by atoms with Gasteiger partial charge in [-0.15, -0.1) is 0 Å². The Balaban J connectivity index is 2.75. The highest BCUT2D eigenvalue weighted by Crippen LogP contribution is 2.25. The molecular weight excluding hydrogens is 246 g/mol. The van der Waals surface area contributed by atoms with Crippen molar-refractivity contribution in [2.24, 2.45) is 11.8 Å². The van der Waals surface area contributed by atoms with E-state index in [1.165, 1.54) is 18.4 Å². The average molecular weight is 277 g/mol. The van der Waals surface area contributed by atoms with Crippen LogP contribution in [0.4, 0.5) is 0 Å². The van der Waals surface area contributed by atoms with Gasteiger partial charge in [0.05, 0.1) is 7.11 Å². The molecule has 0 heterocycles. The Hall–Kier alpha value is -1.02. The third kappa shape index (κ3) is 5.54. The van der Waals surface area contributed by atoms with Gasteiger partial charge in [0.1, 0.15) is 5.75 Å². The largest absolute Gasteiger partial charge is 0.497 e. The smallest absolute Gasteiger partial charge is 0.119 e. The minimum absolute atomic E-state index is 0.553. The van der Waals surface area contributed by atoms with Crippen LogP contribution >= 0.6 is 0 Å². The third-order valence-corrected chi connectivity index (χ3v) is 4.14. The zero-order valence-electron chi connectivity index (χ0n) is 13.8. The second-order valence-electron chi connectivity index (χ2n) is 5.96. The fourth-order valence-corrected chi connectivity index (χ4v) is 2.85. The first-order valence-corrected chi connectivity index (χ1v) is 7.96. The van der Waals surface area contributed by atoms with Gasteiger partial charge in [0.25, 0.3) is 0 Å². The lowest BCUT2D eigenvalue weighted by atomic mass is 9.83. The molecule has 0 spiro atoms. The minimum atomic E-state index is 0.553. The highest BCUT2D eigenvalue weighted by Gasteiger charge is 2.19. The second kappa shape index (κ2) is 9.02. The molecule has 1 rings (SSSR count). The lowest BCUT2D eigenvalue weighted by Gasteiger charge is -2.27. The topological polar surface area (TPSA) is 21.3 Å². The summed E-state index contributed by atoms with van der Waals surface area (Å²) in [4.78, 5) is 0. The Morgan fingerprint density at radius 3 is 2.35 bits per heavy atom. The monoisotopic (exact) mass is 277 g/mol. The lowest BCUT2D eigenvalue weighted by Crippen LogP contribution is -2.33. The predicted molar refractivity (Wildman–Crippen MR) is 87.4 cm³/mol. The van der Waals surface area contributed by atoms with Gasteiger partial charge >= 0.3 is 0 Å². The van der Waals surface area contributed by atoms with E-state index in [-0.39, 0.29) is 0 Å². The van der Waals surface area contributed by atoms with Crippen LogP contribution in [0.25, 0.3) is 0 Å². The van der Waals surface area contributed by atoms with E-state index < -0.39 is 0 Å². The number of hydrogen-bond acceptors (Lipinski definition) is 2. The average Bonchev–Trinajstić information content (AvgIpc) is 2.45. The second-order valence-corrected chi connectivity index (χ2v) is 5.96. The van der Waals surface area contributed by atoms with Crippen molar-refractivity contribution in [1.29, 1.82) is 0 Å². The Bertz CT molecular complexity index is 371. The molecule has 0 amide bonds. The van der Waals surface area contributed by atoms with Crippen molar-refractivity contribution >= 4 is 0 Å². The fraction of sp³-hybridized carbons (Fsp3) is 0.667. The van der Waals surface area contributed by atoms with Crippen molar-refractivity contribution in [2.75, 3.05) is 13.7 Å². The molecule has 0 radical (unpaired) electrons. The standard InChI is InChI=1S/C18H31NO/c1-6-16(7-2)17(13-19-14(3)4)11-15-9-8-10-18(12-15)20-5/h8-10,12,14,16-17,19H,6-7,11,13H2,1-5H3. The summed E-state index contributed by atoms with van der Waals surface area (Å²) in [5, 5.41) is 3.61. The molecule has 0 bridgehead atoms. The van der Waals surface area contributed by atoms with Crippen LogP contribution < -0.4 is 10.1 Å². The SMILES string of the molecule is CCC(CC)C(CNC(C)C)Cc1cccc(OC)c1. The van der Waals surface area contributed by atoms with Crippen LogP contribution in [0.3, 0.4) is 0 Å². The molecule has 1 unspecified atom stereocenters. The van der Waals surface area contributed by atoms with Gasteiger partial charge in [-0.2, -0.15) is 0 Å². The van der Waals surface area contributed by atoms with E-state index in [4.69, 9.17) is 4.74 Å². The van der Waals surface area contributed by atoms with Gasteiger partial charge in [0.15, 0.2) is 0 Å². The summed E-state index contributed by atoms with van der Waals surface area (Å²) in [6.45, 7) is 10.1. The van der Waals surface area contributed by atoms with Crippen LogP contribution in [0.15, 0.2) is 24.3 Å². The number of benzene rings is 1. The summed E-state index contributed by atoms with van der Waals surface area (Å²) in [5.74, 6) is 2.44. The molecule has 0 aliphatic rings. The van der Waals surface area contributed by atoms with Gasteiger partial charge in [-0.05, 0) is 42.5 Å². The van der Waals surface area contributed by atoms with Crippen molar-refractivity contribution < 1.29 is 4.74 Å². The first-order chi connectivity index (χ1) is 9.60. The number of rotatable bonds is 9. The Morgan fingerprint density at radius 1 is 1.10 bits per heavy atom. The first-order valence-electron chi connectivity index (χ1n) is 7.96. The summed E-state index contributed by atoms with van der Waals surface area (Å²) in [7, 11) is 1.73. The van der Waals surface area contributed by atoms with E-state index in [1.807, 2.05) is 6.07 Å². The normalized spacial score (nSPS) is 12.9. The van der Waals surface area contributed by atoms with Gasteiger partial charge in [-0.3, -0.25) is 0 Å². The minimum Gasteiger partial charge on any atom is -0.497 e. The molecule has 1 aromatic rings. The Labute approximate surface area is 124 Å². The van der Waals surface area contributed by atoms with Crippen LogP contribution in [0.1, 0.15) is 46.1 Å². The van der Waals surface area contributed by atoms with Crippen LogP contribution in [0, 0.1) is 11.8 Å². The third-order valence-electron chi connectivity index (χ3n) is 4.14. The molecule has 1 aromatic carbocycles. The Morgan fingerprint density at radius 2 is 1.80 bits per heavy atom. The van der Waals surface area contributed by atoms with Crippen molar-refractivity contribution in [2.45, 2.75) is 53.0 Å². The molecule has 0 saturated heterocycles. The molecule has 0 fully saturated rings. The van der Waals surface area contributed by atoms with Crippen molar-refractivity contribution in [1.82, 2.24) is 5.32 Å². The molecule has 2 heteroatoms. The molecule has 0 aliphatic carbocycles. The summed E-state index contributed by atoms with van der Waals surface area (Å²) in [6.07, 6.45) is 3.64. The Kier molecular flexibility index (Phi) is 7.68. The summed E-state index contributed by atoms with van der Waals surface area (Å²) < 4.78 is 5.33. The molecule has 20 heavy (non-hydrogen) atoms. The van der Waals surface area contributed by atoms with Gasteiger partial charge in [-0.1, -0.05) is 52.7 Å². The highest BCUT2D eigenvalue weighted by atomic mass is 16.5. The molecule has 114 valence electrons. The van der Waals surface area contributed by atoms with E-state index >= 15 is 0 Å². The van der Waals surface area contributed by atoms with Gasteiger partial charge in [-0.25, -0.2) is 0 Å². The molecule has 2 nitrogen and oxygen atoms in total. The predicted octanol–water partition coefficient (Wildman–Crippen LogP) is 4.29. The summed E-state index contributed by atoms with van der Waals surface area (Å²) in [5.41, 5.74) is 1.38. The van der Waals surface area contributed by atoms with Crippen LogP contribution in [-0.4, -0.2) is 19.7 Å². The van der Waals surface area contributed by atoms with E-state index in [2.05, 4.69) is 51.2 Å². The van der Waals surface area contributed by atoms with E-state index in [9.17, 15) is 0 Å². The van der Waals surface area contributed by atoms with Gasteiger partial charge in [0.2, 0.25) is 0 Å². The van der Waals surface area contributed by atoms with Gasteiger partial charge in [0, 0.05) is 6.04 Å². The number of hydrogen-bond donors (Lipinski definition) is 1. The van der Waals surface area contributed by atoms with E-state index in [1.54, 1.807) is 7.11 Å². The zero-order chi connectivity index (χ0) is 15.0. The zero-order valence-corrected chi connectivity index (χ0v) is 13.8. The summed E-state index contributed by atoms with van der Waals surface area (Å²) >= 11 is 0.